The van der Waals surface area contributed by atoms with E-state index in [4.69, 9.17) is 4.98 Å². The molecule has 2 saturated heterocycles. The number of anilines is 1. The average molecular weight is 488 g/mol. The van der Waals surface area contributed by atoms with Crippen molar-refractivity contribution < 1.29 is 13.3 Å². The minimum Gasteiger partial charge on any atom is -0.357 e. The van der Waals surface area contributed by atoms with Crippen LogP contribution in [-0.2, 0) is 10.0 Å². The first-order valence-corrected chi connectivity index (χ1v) is 13.2. The fourth-order valence-corrected chi connectivity index (χ4v) is 7.13. The van der Waals surface area contributed by atoms with E-state index in [0.29, 0.717) is 38.4 Å². The average Bonchev–Trinajstić information content (AvgIpc) is 3.45. The highest BCUT2D eigenvalue weighted by molar-refractivity contribution is 7.89. The van der Waals surface area contributed by atoms with Gasteiger partial charge in [0.05, 0.1) is 26.1 Å². The summed E-state index contributed by atoms with van der Waals surface area (Å²) in [6.45, 7) is 2.68. The Labute approximate surface area is 196 Å². The van der Waals surface area contributed by atoms with Gasteiger partial charge in [0.1, 0.15) is 10.7 Å². The summed E-state index contributed by atoms with van der Waals surface area (Å²) < 4.78 is 28.8. The fraction of sp³-hybridized carbons (Fsp3) is 0.409. The van der Waals surface area contributed by atoms with E-state index in [0.717, 1.165) is 28.1 Å². The molecule has 0 amide bonds. The molecule has 2 aromatic carbocycles. The Hall–Kier alpha value is -2.60. The summed E-state index contributed by atoms with van der Waals surface area (Å²) in [6, 6.07) is 12.2. The highest BCUT2D eigenvalue weighted by Gasteiger charge is 2.35. The number of benzene rings is 2. The van der Waals surface area contributed by atoms with Gasteiger partial charge in [0.15, 0.2) is 0 Å². The van der Waals surface area contributed by atoms with Crippen LogP contribution in [0.15, 0.2) is 47.4 Å². The highest BCUT2D eigenvalue weighted by atomic mass is 32.2. The monoisotopic (exact) mass is 487 g/mol. The van der Waals surface area contributed by atoms with Crippen LogP contribution < -0.4 is 4.90 Å². The number of sulfonamides is 1. The van der Waals surface area contributed by atoms with Crippen molar-refractivity contribution in [3.63, 3.8) is 0 Å². The molecule has 2 fully saturated rings. The summed E-state index contributed by atoms with van der Waals surface area (Å²) in [5, 5.41) is 12.9. The standard InChI is InChI=1S/C22H25N5O4S2/c1-24-11-13-25(14-12-24)33(30,31)16-8-9-18(20(15-16)27(28)29)26-10-4-6-19(26)22-23-17-5-2-3-7-21(17)32-22/h2-3,5,7-9,15,19H,4,6,10-14H2,1H3/t19-/m0/s1. The van der Waals surface area contributed by atoms with E-state index in [1.54, 1.807) is 17.4 Å². The third-order valence-electron chi connectivity index (χ3n) is 6.40. The van der Waals surface area contributed by atoms with Gasteiger partial charge in [-0.1, -0.05) is 12.1 Å². The van der Waals surface area contributed by atoms with Crippen LogP contribution in [0, 0.1) is 10.1 Å². The quantitative estimate of drug-likeness (QED) is 0.401. The number of thiazole rings is 1. The predicted molar refractivity (Wildman–Crippen MR) is 128 cm³/mol. The topological polar surface area (TPSA) is 99.9 Å². The molecule has 5 rings (SSSR count). The minimum atomic E-state index is -3.79. The molecule has 3 heterocycles. The third-order valence-corrected chi connectivity index (χ3v) is 9.43. The smallest absolute Gasteiger partial charge is 0.293 e. The third kappa shape index (κ3) is 4.10. The summed E-state index contributed by atoms with van der Waals surface area (Å²) >= 11 is 1.60. The molecule has 0 saturated carbocycles. The van der Waals surface area contributed by atoms with Crippen LogP contribution in [0.5, 0.6) is 0 Å². The van der Waals surface area contributed by atoms with E-state index in [2.05, 4.69) is 4.90 Å². The summed E-state index contributed by atoms with van der Waals surface area (Å²) in [5.74, 6) is 0. The second kappa shape index (κ2) is 8.64. The van der Waals surface area contributed by atoms with Gasteiger partial charge < -0.3 is 9.80 Å². The second-order valence-electron chi connectivity index (χ2n) is 8.49. The number of para-hydroxylation sites is 1. The Bertz CT molecular complexity index is 1270. The number of nitrogens with zero attached hydrogens (tertiary/aromatic N) is 5. The first-order valence-electron chi connectivity index (χ1n) is 10.9. The Morgan fingerprint density at radius 1 is 1.09 bits per heavy atom. The van der Waals surface area contributed by atoms with Crippen LogP contribution in [-0.4, -0.2) is 67.3 Å². The number of hydrogen-bond acceptors (Lipinski definition) is 8. The molecule has 33 heavy (non-hydrogen) atoms. The van der Waals surface area contributed by atoms with E-state index < -0.39 is 14.9 Å². The van der Waals surface area contributed by atoms with Crippen LogP contribution in [0.2, 0.25) is 0 Å². The van der Waals surface area contributed by atoms with Crippen LogP contribution in [0.25, 0.3) is 10.2 Å². The molecular formula is C22H25N5O4S2. The van der Waals surface area contributed by atoms with E-state index in [9.17, 15) is 18.5 Å². The molecule has 1 aromatic heterocycles. The van der Waals surface area contributed by atoms with E-state index in [-0.39, 0.29) is 16.6 Å². The number of hydrogen-bond donors (Lipinski definition) is 0. The fourth-order valence-electron chi connectivity index (χ4n) is 4.57. The van der Waals surface area contributed by atoms with Gasteiger partial charge in [0.25, 0.3) is 5.69 Å². The predicted octanol–water partition coefficient (Wildman–Crippen LogP) is 3.48. The van der Waals surface area contributed by atoms with E-state index >= 15 is 0 Å². The van der Waals surface area contributed by atoms with E-state index in [1.165, 1.54) is 16.4 Å². The zero-order valence-electron chi connectivity index (χ0n) is 18.3. The second-order valence-corrected chi connectivity index (χ2v) is 11.5. The van der Waals surface area contributed by atoms with Crippen LogP contribution in [0.3, 0.4) is 0 Å². The first kappa shape index (κ1) is 22.2. The molecule has 3 aromatic rings. The maximum Gasteiger partial charge on any atom is 0.293 e. The van der Waals surface area contributed by atoms with Crippen molar-refractivity contribution in [1.29, 1.82) is 0 Å². The summed E-state index contributed by atoms with van der Waals surface area (Å²) in [6.07, 6.45) is 1.73. The number of fused-ring (bicyclic) bond motifs is 1. The van der Waals surface area contributed by atoms with Crippen molar-refractivity contribution in [2.45, 2.75) is 23.8 Å². The summed E-state index contributed by atoms with van der Waals surface area (Å²) in [4.78, 5) is 20.3. The van der Waals surface area contributed by atoms with Crippen molar-refractivity contribution in [3.8, 4) is 0 Å². The molecule has 2 aliphatic rings. The van der Waals surface area contributed by atoms with Gasteiger partial charge in [-0.05, 0) is 44.2 Å². The van der Waals surface area contributed by atoms with Gasteiger partial charge in [0.2, 0.25) is 10.0 Å². The molecule has 9 nitrogen and oxygen atoms in total. The lowest BCUT2D eigenvalue weighted by Crippen LogP contribution is -2.47. The van der Waals surface area contributed by atoms with Gasteiger partial charge in [-0.25, -0.2) is 13.4 Å². The Morgan fingerprint density at radius 2 is 1.85 bits per heavy atom. The molecule has 0 spiro atoms. The van der Waals surface area contributed by atoms with Crippen molar-refractivity contribution >= 4 is 43.0 Å². The molecule has 174 valence electrons. The Balaban J connectivity index is 1.49. The SMILES string of the molecule is CN1CCN(S(=O)(=O)c2ccc(N3CCC[C@H]3c3nc4ccccc4s3)c([N+](=O)[O-])c2)CC1. The molecule has 0 N–H and O–H groups in total. The van der Waals surface area contributed by atoms with Gasteiger partial charge >= 0.3 is 0 Å². The number of rotatable bonds is 5. The lowest BCUT2D eigenvalue weighted by atomic mass is 10.2. The number of nitro groups is 1. The Morgan fingerprint density at radius 3 is 2.58 bits per heavy atom. The number of likely N-dealkylation sites (N-methyl/N-ethyl adjacent to an activating group) is 1. The lowest BCUT2D eigenvalue weighted by molar-refractivity contribution is -0.384. The molecular weight excluding hydrogens is 462 g/mol. The number of aromatic nitrogens is 1. The summed E-state index contributed by atoms with van der Waals surface area (Å²) in [5.41, 5.74) is 1.18. The van der Waals surface area contributed by atoms with Crippen molar-refractivity contribution in [2.24, 2.45) is 0 Å². The molecule has 1 atom stereocenters. The normalized spacial score (nSPS) is 20.5. The molecule has 2 aliphatic heterocycles. The van der Waals surface area contributed by atoms with Crippen LogP contribution in [0.4, 0.5) is 11.4 Å². The number of piperazine rings is 1. The zero-order valence-corrected chi connectivity index (χ0v) is 19.9. The van der Waals surface area contributed by atoms with Crippen molar-refractivity contribution in [3.05, 3.63) is 57.6 Å². The van der Waals surface area contributed by atoms with Gasteiger partial charge in [0, 0.05) is 38.8 Å². The maximum absolute atomic E-state index is 13.1. The molecule has 0 bridgehead atoms. The van der Waals surface area contributed by atoms with Crippen molar-refractivity contribution in [1.82, 2.24) is 14.2 Å². The first-order chi connectivity index (χ1) is 15.8. The number of nitro benzene ring substituents is 1. The zero-order chi connectivity index (χ0) is 23.2. The largest absolute Gasteiger partial charge is 0.357 e. The lowest BCUT2D eigenvalue weighted by Gasteiger charge is -2.31. The molecule has 11 heteroatoms. The van der Waals surface area contributed by atoms with E-state index in [1.807, 2.05) is 36.2 Å². The van der Waals surface area contributed by atoms with Crippen molar-refractivity contribution in [2.75, 3.05) is 44.7 Å². The van der Waals surface area contributed by atoms with Crippen LogP contribution in [0.1, 0.15) is 23.9 Å². The summed E-state index contributed by atoms with van der Waals surface area (Å²) in [7, 11) is -1.85. The molecule has 0 aliphatic carbocycles. The molecule has 0 radical (unpaired) electrons. The van der Waals surface area contributed by atoms with Gasteiger partial charge in [-0.2, -0.15) is 4.31 Å². The van der Waals surface area contributed by atoms with Gasteiger partial charge in [-0.15, -0.1) is 11.3 Å². The van der Waals surface area contributed by atoms with Crippen LogP contribution >= 0.6 is 11.3 Å². The molecule has 0 unspecified atom stereocenters. The highest BCUT2D eigenvalue weighted by Crippen LogP contribution is 2.43. The van der Waals surface area contributed by atoms with Gasteiger partial charge in [-0.3, -0.25) is 10.1 Å². The minimum absolute atomic E-state index is 0.0294. The maximum atomic E-state index is 13.1. The Kier molecular flexibility index (Phi) is 5.81.